The molecular formula is C17H15N3O2. The van der Waals surface area contributed by atoms with Gasteiger partial charge in [-0.05, 0) is 31.2 Å². The van der Waals surface area contributed by atoms with Crippen molar-refractivity contribution in [2.45, 2.75) is 13.5 Å². The molecule has 1 amide bonds. The molecule has 5 heteroatoms. The van der Waals surface area contributed by atoms with E-state index < -0.39 is 0 Å². The SMILES string of the molecule is Cc1cccc(-c2nnc(CNC(=O)c3ccccc3)o2)c1. The Morgan fingerprint density at radius 1 is 1.09 bits per heavy atom. The van der Waals surface area contributed by atoms with E-state index in [1.54, 1.807) is 12.1 Å². The molecule has 22 heavy (non-hydrogen) atoms. The van der Waals surface area contributed by atoms with E-state index in [0.717, 1.165) is 11.1 Å². The fraction of sp³-hybridized carbons (Fsp3) is 0.118. The molecule has 1 N–H and O–H groups in total. The molecule has 0 aliphatic heterocycles. The largest absolute Gasteiger partial charge is 0.419 e. The van der Waals surface area contributed by atoms with Crippen molar-refractivity contribution in [2.75, 3.05) is 0 Å². The van der Waals surface area contributed by atoms with E-state index in [-0.39, 0.29) is 12.5 Å². The molecule has 0 fully saturated rings. The van der Waals surface area contributed by atoms with Crippen molar-refractivity contribution in [3.63, 3.8) is 0 Å². The van der Waals surface area contributed by atoms with Crippen LogP contribution in [0.15, 0.2) is 59.0 Å². The van der Waals surface area contributed by atoms with E-state index >= 15 is 0 Å². The third-order valence-electron chi connectivity index (χ3n) is 3.17. The molecule has 2 aromatic carbocycles. The molecule has 0 atom stereocenters. The van der Waals surface area contributed by atoms with Crippen molar-refractivity contribution >= 4 is 5.91 Å². The second-order valence-corrected chi connectivity index (χ2v) is 4.92. The summed E-state index contributed by atoms with van der Waals surface area (Å²) in [6, 6.07) is 16.8. The molecule has 1 heterocycles. The third-order valence-corrected chi connectivity index (χ3v) is 3.17. The molecule has 0 radical (unpaired) electrons. The van der Waals surface area contributed by atoms with Gasteiger partial charge in [0.2, 0.25) is 11.8 Å². The van der Waals surface area contributed by atoms with Crippen LogP contribution in [-0.2, 0) is 6.54 Å². The van der Waals surface area contributed by atoms with Gasteiger partial charge >= 0.3 is 0 Å². The molecule has 0 unspecified atom stereocenters. The highest BCUT2D eigenvalue weighted by Gasteiger charge is 2.10. The summed E-state index contributed by atoms with van der Waals surface area (Å²) in [7, 11) is 0. The number of nitrogens with zero attached hydrogens (tertiary/aromatic N) is 2. The number of aryl methyl sites for hydroxylation is 1. The van der Waals surface area contributed by atoms with Crippen LogP contribution in [0.2, 0.25) is 0 Å². The van der Waals surface area contributed by atoms with Crippen LogP contribution in [0.1, 0.15) is 21.8 Å². The van der Waals surface area contributed by atoms with Crippen molar-refractivity contribution in [3.05, 3.63) is 71.6 Å². The van der Waals surface area contributed by atoms with Crippen molar-refractivity contribution in [3.8, 4) is 11.5 Å². The molecule has 0 saturated carbocycles. The van der Waals surface area contributed by atoms with E-state index in [1.165, 1.54) is 0 Å². The standard InChI is InChI=1S/C17H15N3O2/c1-12-6-5-9-14(10-12)17-20-19-15(22-17)11-18-16(21)13-7-3-2-4-8-13/h2-10H,11H2,1H3,(H,18,21). The van der Waals surface area contributed by atoms with Crippen LogP contribution >= 0.6 is 0 Å². The minimum absolute atomic E-state index is 0.170. The van der Waals surface area contributed by atoms with Crippen molar-refractivity contribution in [1.82, 2.24) is 15.5 Å². The van der Waals surface area contributed by atoms with Gasteiger partial charge in [-0.3, -0.25) is 4.79 Å². The molecular weight excluding hydrogens is 278 g/mol. The molecule has 0 bridgehead atoms. The second-order valence-electron chi connectivity index (χ2n) is 4.92. The Bertz CT molecular complexity index is 781. The molecule has 0 saturated heterocycles. The number of aromatic nitrogens is 2. The Hall–Kier alpha value is -2.95. The van der Waals surface area contributed by atoms with Crippen LogP contribution in [0.5, 0.6) is 0 Å². The fourth-order valence-corrected chi connectivity index (χ4v) is 2.07. The number of nitrogens with one attached hydrogen (secondary N) is 1. The Morgan fingerprint density at radius 3 is 2.68 bits per heavy atom. The summed E-state index contributed by atoms with van der Waals surface area (Å²) in [4.78, 5) is 11.9. The summed E-state index contributed by atoms with van der Waals surface area (Å²) >= 11 is 0. The van der Waals surface area contributed by atoms with Gasteiger partial charge in [0.15, 0.2) is 0 Å². The second kappa shape index (κ2) is 6.22. The first-order valence-corrected chi connectivity index (χ1v) is 6.95. The van der Waals surface area contributed by atoms with Crippen molar-refractivity contribution in [2.24, 2.45) is 0 Å². The Morgan fingerprint density at radius 2 is 1.91 bits per heavy atom. The number of carbonyl (C=O) groups is 1. The highest BCUT2D eigenvalue weighted by atomic mass is 16.4. The van der Waals surface area contributed by atoms with E-state index in [0.29, 0.717) is 17.3 Å². The number of rotatable bonds is 4. The van der Waals surface area contributed by atoms with Gasteiger partial charge in [-0.15, -0.1) is 10.2 Å². The van der Waals surface area contributed by atoms with Crippen LogP contribution in [0.4, 0.5) is 0 Å². The number of hydrogen-bond acceptors (Lipinski definition) is 4. The van der Waals surface area contributed by atoms with E-state index in [2.05, 4.69) is 15.5 Å². The molecule has 110 valence electrons. The summed E-state index contributed by atoms with van der Waals surface area (Å²) in [5.41, 5.74) is 2.59. The Labute approximate surface area is 128 Å². The minimum Gasteiger partial charge on any atom is -0.419 e. The van der Waals surface area contributed by atoms with Crippen LogP contribution < -0.4 is 5.32 Å². The maximum Gasteiger partial charge on any atom is 0.251 e. The molecule has 0 aliphatic rings. The molecule has 0 spiro atoms. The lowest BCUT2D eigenvalue weighted by molar-refractivity contribution is 0.0947. The normalized spacial score (nSPS) is 10.4. The van der Waals surface area contributed by atoms with Crippen LogP contribution in [-0.4, -0.2) is 16.1 Å². The van der Waals surface area contributed by atoms with Gasteiger partial charge in [0.05, 0.1) is 6.54 Å². The highest BCUT2D eigenvalue weighted by molar-refractivity contribution is 5.93. The molecule has 5 nitrogen and oxygen atoms in total. The highest BCUT2D eigenvalue weighted by Crippen LogP contribution is 2.18. The number of amides is 1. The summed E-state index contributed by atoms with van der Waals surface area (Å²) in [5, 5.41) is 10.7. The average Bonchev–Trinajstić information content (AvgIpc) is 3.02. The van der Waals surface area contributed by atoms with E-state index in [4.69, 9.17) is 4.42 Å². The summed E-state index contributed by atoms with van der Waals surface area (Å²) in [6.07, 6.45) is 0. The first-order valence-electron chi connectivity index (χ1n) is 6.95. The molecule has 3 aromatic rings. The minimum atomic E-state index is -0.170. The topological polar surface area (TPSA) is 68.0 Å². The molecule has 1 aromatic heterocycles. The number of carbonyl (C=O) groups excluding carboxylic acids is 1. The average molecular weight is 293 g/mol. The van der Waals surface area contributed by atoms with Gasteiger partial charge in [-0.2, -0.15) is 0 Å². The summed E-state index contributed by atoms with van der Waals surface area (Å²) < 4.78 is 5.57. The van der Waals surface area contributed by atoms with Gasteiger partial charge < -0.3 is 9.73 Å². The van der Waals surface area contributed by atoms with Crippen molar-refractivity contribution < 1.29 is 9.21 Å². The zero-order valence-electron chi connectivity index (χ0n) is 12.1. The first-order chi connectivity index (χ1) is 10.7. The molecule has 0 aliphatic carbocycles. The monoisotopic (exact) mass is 293 g/mol. The van der Waals surface area contributed by atoms with Crippen LogP contribution in [0, 0.1) is 6.92 Å². The predicted molar refractivity (Wildman–Crippen MR) is 82.1 cm³/mol. The van der Waals surface area contributed by atoms with E-state index in [1.807, 2.05) is 49.4 Å². The quantitative estimate of drug-likeness (QED) is 0.803. The first kappa shape index (κ1) is 14.0. The lowest BCUT2D eigenvalue weighted by Crippen LogP contribution is -2.22. The zero-order valence-corrected chi connectivity index (χ0v) is 12.1. The predicted octanol–water partition coefficient (Wildman–Crippen LogP) is 2.98. The van der Waals surface area contributed by atoms with Crippen LogP contribution in [0.25, 0.3) is 11.5 Å². The summed E-state index contributed by atoms with van der Waals surface area (Å²) in [6.45, 7) is 2.20. The van der Waals surface area contributed by atoms with Gasteiger partial charge in [0.1, 0.15) is 0 Å². The number of hydrogen-bond donors (Lipinski definition) is 1. The lowest BCUT2D eigenvalue weighted by atomic mass is 10.1. The Kier molecular flexibility index (Phi) is 3.96. The van der Waals surface area contributed by atoms with Gasteiger partial charge in [-0.1, -0.05) is 35.9 Å². The maximum absolute atomic E-state index is 11.9. The zero-order chi connectivity index (χ0) is 15.4. The van der Waals surface area contributed by atoms with Gasteiger partial charge in [-0.25, -0.2) is 0 Å². The van der Waals surface area contributed by atoms with Crippen molar-refractivity contribution in [1.29, 1.82) is 0 Å². The fourth-order valence-electron chi connectivity index (χ4n) is 2.07. The van der Waals surface area contributed by atoms with Gasteiger partial charge in [0, 0.05) is 11.1 Å². The maximum atomic E-state index is 11.9. The smallest absolute Gasteiger partial charge is 0.251 e. The lowest BCUT2D eigenvalue weighted by Gasteiger charge is -2.01. The van der Waals surface area contributed by atoms with E-state index in [9.17, 15) is 4.79 Å². The third kappa shape index (κ3) is 3.20. The summed E-state index contributed by atoms with van der Waals surface area (Å²) in [5.74, 6) is 0.657. The number of benzene rings is 2. The van der Waals surface area contributed by atoms with Crippen LogP contribution in [0.3, 0.4) is 0 Å². The Balaban J connectivity index is 1.66. The molecule has 3 rings (SSSR count). The van der Waals surface area contributed by atoms with Gasteiger partial charge in [0.25, 0.3) is 5.91 Å².